The molecule has 0 bridgehead atoms. The number of esters is 1. The molecular weight excluding hydrogens is 415 g/mol. The maximum atomic E-state index is 12.1. The maximum Gasteiger partial charge on any atom is 0.338 e. The van der Waals surface area contributed by atoms with Gasteiger partial charge in [-0.3, -0.25) is 4.79 Å². The quantitative estimate of drug-likeness (QED) is 0.706. The van der Waals surface area contributed by atoms with Crippen molar-refractivity contribution in [3.05, 3.63) is 57.2 Å². The summed E-state index contributed by atoms with van der Waals surface area (Å²) in [4.78, 5) is 27.9. The summed E-state index contributed by atoms with van der Waals surface area (Å²) in [6, 6.07) is 5.99. The van der Waals surface area contributed by atoms with E-state index in [1.54, 1.807) is 13.0 Å². The number of pyridine rings is 1. The van der Waals surface area contributed by atoms with Gasteiger partial charge in [-0.25, -0.2) is 18.2 Å². The topological polar surface area (TPSA) is 102 Å². The maximum absolute atomic E-state index is 12.1. The van der Waals surface area contributed by atoms with Crippen molar-refractivity contribution in [2.24, 2.45) is 0 Å². The number of hydrogen-bond acceptors (Lipinski definition) is 6. The molecule has 2 aromatic rings. The van der Waals surface area contributed by atoms with Gasteiger partial charge in [0.15, 0.2) is 22.3 Å². The molecule has 0 fully saturated rings. The number of anilines is 1. The fraction of sp³-hybridized carbons (Fsp3) is 0.235. The van der Waals surface area contributed by atoms with Crippen molar-refractivity contribution in [3.8, 4) is 0 Å². The molecule has 1 amide bonds. The van der Waals surface area contributed by atoms with Gasteiger partial charge in [-0.2, -0.15) is 0 Å². The summed E-state index contributed by atoms with van der Waals surface area (Å²) in [5.41, 5.74) is 1.15. The van der Waals surface area contributed by atoms with Crippen LogP contribution in [0.2, 0.25) is 10.0 Å². The van der Waals surface area contributed by atoms with E-state index in [2.05, 4.69) is 10.3 Å². The summed E-state index contributed by atoms with van der Waals surface area (Å²) in [7, 11) is -3.24. The Morgan fingerprint density at radius 3 is 2.63 bits per heavy atom. The molecule has 0 saturated heterocycles. The second-order valence-electron chi connectivity index (χ2n) is 5.79. The molecule has 0 spiro atoms. The van der Waals surface area contributed by atoms with Crippen LogP contribution in [0.1, 0.15) is 21.5 Å². The lowest BCUT2D eigenvalue weighted by molar-refractivity contribution is -0.119. The SMILES string of the molecule is Cc1c(Cl)cnc(NC(=O)COC(=O)c2cccc(CS(C)(=O)=O)c2)c1Cl. The minimum Gasteiger partial charge on any atom is -0.452 e. The number of halogens is 2. The Labute approximate surface area is 166 Å². The van der Waals surface area contributed by atoms with Crippen LogP contribution in [0.15, 0.2) is 30.5 Å². The minimum absolute atomic E-state index is 0.106. The zero-order valence-corrected chi connectivity index (χ0v) is 16.8. The van der Waals surface area contributed by atoms with Crippen LogP contribution in [0.5, 0.6) is 0 Å². The van der Waals surface area contributed by atoms with Gasteiger partial charge in [0.05, 0.1) is 21.4 Å². The molecule has 27 heavy (non-hydrogen) atoms. The summed E-state index contributed by atoms with van der Waals surface area (Å²) in [6.45, 7) is 1.11. The van der Waals surface area contributed by atoms with Gasteiger partial charge in [0.1, 0.15) is 0 Å². The van der Waals surface area contributed by atoms with Crippen LogP contribution in [0.4, 0.5) is 5.82 Å². The van der Waals surface area contributed by atoms with Crippen molar-refractivity contribution < 1.29 is 22.7 Å². The third-order valence-electron chi connectivity index (χ3n) is 3.39. The first-order chi connectivity index (χ1) is 12.6. The normalized spacial score (nSPS) is 11.1. The lowest BCUT2D eigenvalue weighted by atomic mass is 10.1. The molecule has 0 aliphatic rings. The molecule has 7 nitrogen and oxygen atoms in total. The zero-order valence-electron chi connectivity index (χ0n) is 14.5. The molecule has 0 unspecified atom stereocenters. The van der Waals surface area contributed by atoms with Gasteiger partial charge >= 0.3 is 5.97 Å². The molecule has 1 aromatic carbocycles. The fourth-order valence-corrected chi connectivity index (χ4v) is 3.29. The first kappa shape index (κ1) is 21.1. The van der Waals surface area contributed by atoms with E-state index in [0.717, 1.165) is 6.26 Å². The van der Waals surface area contributed by atoms with E-state index in [9.17, 15) is 18.0 Å². The highest BCUT2D eigenvalue weighted by atomic mass is 35.5. The van der Waals surface area contributed by atoms with Gasteiger partial charge in [0.2, 0.25) is 0 Å². The van der Waals surface area contributed by atoms with E-state index >= 15 is 0 Å². The van der Waals surface area contributed by atoms with Crippen molar-refractivity contribution in [1.82, 2.24) is 4.98 Å². The molecule has 0 saturated carbocycles. The number of carbonyl (C=O) groups is 2. The average molecular weight is 431 g/mol. The summed E-state index contributed by atoms with van der Waals surface area (Å²) in [5, 5.41) is 2.98. The Bertz CT molecular complexity index is 993. The lowest BCUT2D eigenvalue weighted by Gasteiger charge is -2.10. The number of aromatic nitrogens is 1. The Balaban J connectivity index is 1.98. The van der Waals surface area contributed by atoms with E-state index in [-0.39, 0.29) is 22.2 Å². The number of nitrogens with zero attached hydrogens (tertiary/aromatic N) is 1. The number of carbonyl (C=O) groups excluding carboxylic acids is 2. The van der Waals surface area contributed by atoms with Crippen LogP contribution in [0.3, 0.4) is 0 Å². The van der Waals surface area contributed by atoms with Crippen molar-refractivity contribution in [2.45, 2.75) is 12.7 Å². The third kappa shape index (κ3) is 6.20. The van der Waals surface area contributed by atoms with E-state index in [4.69, 9.17) is 27.9 Å². The number of hydrogen-bond donors (Lipinski definition) is 1. The predicted molar refractivity (Wildman–Crippen MR) is 103 cm³/mol. The van der Waals surface area contributed by atoms with E-state index < -0.39 is 28.3 Å². The molecule has 0 radical (unpaired) electrons. The molecule has 0 aliphatic carbocycles. The minimum atomic E-state index is -3.24. The monoisotopic (exact) mass is 430 g/mol. The summed E-state index contributed by atoms with van der Waals surface area (Å²) < 4.78 is 27.6. The van der Waals surface area contributed by atoms with Crippen LogP contribution in [-0.4, -0.2) is 38.1 Å². The van der Waals surface area contributed by atoms with E-state index in [0.29, 0.717) is 16.1 Å². The predicted octanol–water partition coefficient (Wildman–Crippen LogP) is 3.04. The lowest BCUT2D eigenvalue weighted by Crippen LogP contribution is -2.21. The number of benzene rings is 1. The summed E-state index contributed by atoms with van der Waals surface area (Å²) >= 11 is 11.9. The second-order valence-corrected chi connectivity index (χ2v) is 8.71. The molecule has 1 aromatic heterocycles. The van der Waals surface area contributed by atoms with Crippen LogP contribution >= 0.6 is 23.2 Å². The highest BCUT2D eigenvalue weighted by Crippen LogP contribution is 2.28. The highest BCUT2D eigenvalue weighted by molar-refractivity contribution is 7.89. The van der Waals surface area contributed by atoms with Crippen molar-refractivity contribution >= 4 is 50.7 Å². The molecular formula is C17H16Cl2N2O5S. The van der Waals surface area contributed by atoms with Gasteiger partial charge in [-0.1, -0.05) is 35.3 Å². The zero-order chi connectivity index (χ0) is 20.2. The Morgan fingerprint density at radius 2 is 1.96 bits per heavy atom. The largest absolute Gasteiger partial charge is 0.452 e. The van der Waals surface area contributed by atoms with Gasteiger partial charge in [0.25, 0.3) is 5.91 Å². The molecule has 10 heteroatoms. The van der Waals surface area contributed by atoms with Crippen molar-refractivity contribution in [1.29, 1.82) is 0 Å². The van der Waals surface area contributed by atoms with Crippen LogP contribution in [0, 0.1) is 6.92 Å². The highest BCUT2D eigenvalue weighted by Gasteiger charge is 2.15. The molecule has 1 heterocycles. The van der Waals surface area contributed by atoms with Crippen molar-refractivity contribution in [2.75, 3.05) is 18.2 Å². The summed E-state index contributed by atoms with van der Waals surface area (Å²) in [5.74, 6) is -1.48. The average Bonchev–Trinajstić information content (AvgIpc) is 2.59. The van der Waals surface area contributed by atoms with Gasteiger partial charge in [0, 0.05) is 12.5 Å². The number of sulfone groups is 1. The number of ether oxygens (including phenoxy) is 1. The van der Waals surface area contributed by atoms with Crippen LogP contribution < -0.4 is 5.32 Å². The smallest absolute Gasteiger partial charge is 0.338 e. The Hall–Kier alpha value is -2.16. The number of nitrogens with one attached hydrogen (secondary N) is 1. The first-order valence-corrected chi connectivity index (χ1v) is 10.4. The second kappa shape index (κ2) is 8.69. The standard InChI is InChI=1S/C17H16Cl2N2O5S/c1-10-13(18)7-20-16(15(10)19)21-14(22)8-26-17(23)12-5-3-4-11(6-12)9-27(2,24)25/h3-7H,8-9H2,1-2H3,(H,20,21,22). The number of amides is 1. The third-order valence-corrected chi connectivity index (χ3v) is 5.09. The van der Waals surface area contributed by atoms with Crippen LogP contribution in [-0.2, 0) is 25.1 Å². The molecule has 2 rings (SSSR count). The Morgan fingerprint density at radius 1 is 1.26 bits per heavy atom. The van der Waals surface area contributed by atoms with E-state index in [1.165, 1.54) is 24.4 Å². The Kier molecular flexibility index (Phi) is 6.80. The van der Waals surface area contributed by atoms with Crippen molar-refractivity contribution in [3.63, 3.8) is 0 Å². The molecule has 1 N–H and O–H groups in total. The van der Waals surface area contributed by atoms with Crippen LogP contribution in [0.25, 0.3) is 0 Å². The van der Waals surface area contributed by atoms with Gasteiger partial charge in [-0.15, -0.1) is 0 Å². The molecule has 0 atom stereocenters. The van der Waals surface area contributed by atoms with Gasteiger partial charge < -0.3 is 10.1 Å². The number of rotatable bonds is 6. The molecule has 144 valence electrons. The fourth-order valence-electron chi connectivity index (χ4n) is 2.12. The van der Waals surface area contributed by atoms with Gasteiger partial charge in [-0.05, 0) is 30.2 Å². The summed E-state index contributed by atoms with van der Waals surface area (Å²) in [6.07, 6.45) is 2.44. The first-order valence-electron chi connectivity index (χ1n) is 7.61. The molecule has 0 aliphatic heterocycles. The van der Waals surface area contributed by atoms with E-state index in [1.807, 2.05) is 0 Å².